The number of hydrogen-bond acceptors (Lipinski definition) is 5. The molecule has 1 heterocycles. The zero-order valence-corrected chi connectivity index (χ0v) is 18.6. The maximum Gasteiger partial charge on any atom is 0.145 e. The van der Waals surface area contributed by atoms with E-state index in [2.05, 4.69) is 48.1 Å². The molecule has 1 aromatic carbocycles. The third kappa shape index (κ3) is 8.32. The Balaban J connectivity index is 1.82. The molecule has 154 valence electrons. The van der Waals surface area contributed by atoms with Crippen molar-refractivity contribution >= 4 is 35.2 Å². The highest BCUT2D eigenvalue weighted by atomic mass is 32.2. The summed E-state index contributed by atoms with van der Waals surface area (Å²) < 4.78 is 0. The van der Waals surface area contributed by atoms with E-state index in [0.29, 0.717) is 11.5 Å². The molecule has 0 radical (unpaired) electrons. The number of hydrogen-bond donors (Lipinski definition) is 1. The molecule has 2 aromatic rings. The van der Waals surface area contributed by atoms with Crippen molar-refractivity contribution in [2.45, 2.75) is 57.9 Å². The van der Waals surface area contributed by atoms with Crippen LogP contribution in [0.5, 0.6) is 0 Å². The summed E-state index contributed by atoms with van der Waals surface area (Å²) >= 11 is 1.47. The van der Waals surface area contributed by atoms with E-state index in [4.69, 9.17) is 5.41 Å². The number of nitrogens with one attached hydrogen (secondary N) is 1. The van der Waals surface area contributed by atoms with Gasteiger partial charge in [0, 0.05) is 23.8 Å². The van der Waals surface area contributed by atoms with Gasteiger partial charge in [-0.15, -0.1) is 0 Å². The summed E-state index contributed by atoms with van der Waals surface area (Å²) in [5.74, 6) is 0.951. The van der Waals surface area contributed by atoms with Crippen LogP contribution in [0.4, 0.5) is 5.69 Å². The van der Waals surface area contributed by atoms with Gasteiger partial charge < -0.3 is 5.41 Å². The Bertz CT molecular complexity index is 845. The fourth-order valence-corrected chi connectivity index (χ4v) is 3.76. The van der Waals surface area contributed by atoms with Crippen LogP contribution in [0, 0.1) is 18.3 Å². The van der Waals surface area contributed by atoms with E-state index in [1.54, 1.807) is 6.20 Å². The fraction of sp³-hybridized carbons (Fsp3) is 0.417. The van der Waals surface area contributed by atoms with E-state index < -0.39 is 0 Å². The summed E-state index contributed by atoms with van der Waals surface area (Å²) in [4.78, 5) is 21.2. The first kappa shape index (κ1) is 23.0. The van der Waals surface area contributed by atoms with Gasteiger partial charge in [-0.25, -0.2) is 4.98 Å². The molecule has 0 bridgehead atoms. The van der Waals surface area contributed by atoms with Crippen LogP contribution >= 0.6 is 11.8 Å². The van der Waals surface area contributed by atoms with Crippen LogP contribution in [0.2, 0.25) is 0 Å². The Hall–Kier alpha value is -2.27. The number of carbonyl (C=O) groups is 1. The Kier molecular flexibility index (Phi) is 9.26. The highest BCUT2D eigenvalue weighted by Gasteiger charge is 2.13. The largest absolute Gasteiger partial charge is 0.310 e. The molecule has 0 saturated carbocycles. The standard InChI is InChI=1S/C24H31N3OS/c1-17-7-5-10-21(13-17)19(3)14-26-22-11-12-24(27-15-22)29-16-23(28)18(2)8-6-9-20(4)25/h5,7,10-15,18-19,25H,6,8-9,16H2,1-4H3. The molecule has 2 atom stereocenters. The van der Waals surface area contributed by atoms with Crippen LogP contribution in [-0.2, 0) is 4.79 Å². The zero-order chi connectivity index (χ0) is 21.2. The van der Waals surface area contributed by atoms with Crippen molar-refractivity contribution < 1.29 is 4.79 Å². The van der Waals surface area contributed by atoms with Crippen molar-refractivity contribution in [3.63, 3.8) is 0 Å². The van der Waals surface area contributed by atoms with Gasteiger partial charge in [-0.3, -0.25) is 9.79 Å². The maximum absolute atomic E-state index is 12.3. The van der Waals surface area contributed by atoms with E-state index >= 15 is 0 Å². The first-order valence-corrected chi connectivity index (χ1v) is 11.1. The summed E-state index contributed by atoms with van der Waals surface area (Å²) in [5.41, 5.74) is 3.99. The van der Waals surface area contributed by atoms with Gasteiger partial charge in [0.1, 0.15) is 5.78 Å². The predicted octanol–water partition coefficient (Wildman–Crippen LogP) is 6.40. The van der Waals surface area contributed by atoms with E-state index in [9.17, 15) is 4.79 Å². The molecular formula is C24H31N3OS. The van der Waals surface area contributed by atoms with Crippen molar-refractivity contribution in [1.82, 2.24) is 4.98 Å². The molecule has 0 saturated heterocycles. The van der Waals surface area contributed by atoms with Gasteiger partial charge in [-0.2, -0.15) is 0 Å². The van der Waals surface area contributed by atoms with Crippen molar-refractivity contribution in [3.8, 4) is 0 Å². The maximum atomic E-state index is 12.3. The van der Waals surface area contributed by atoms with Crippen molar-refractivity contribution in [1.29, 1.82) is 5.41 Å². The molecule has 0 fully saturated rings. The lowest BCUT2D eigenvalue weighted by Gasteiger charge is -2.09. The Labute approximate surface area is 178 Å². The lowest BCUT2D eigenvalue weighted by atomic mass is 9.99. The summed E-state index contributed by atoms with van der Waals surface area (Å²) in [6, 6.07) is 12.3. The van der Waals surface area contributed by atoms with Crippen LogP contribution in [0.25, 0.3) is 0 Å². The minimum atomic E-state index is 0.0360. The average Bonchev–Trinajstić information content (AvgIpc) is 2.70. The average molecular weight is 410 g/mol. The number of carbonyl (C=O) groups excluding carboxylic acids is 1. The second-order valence-corrected chi connectivity index (χ2v) is 8.66. The first-order chi connectivity index (χ1) is 13.8. The van der Waals surface area contributed by atoms with Gasteiger partial charge in [0.2, 0.25) is 0 Å². The van der Waals surface area contributed by atoms with Crippen LogP contribution in [0.1, 0.15) is 57.1 Å². The molecular weight excluding hydrogens is 378 g/mol. The minimum Gasteiger partial charge on any atom is -0.310 e. The van der Waals surface area contributed by atoms with E-state index in [-0.39, 0.29) is 17.6 Å². The van der Waals surface area contributed by atoms with E-state index in [1.807, 2.05) is 32.2 Å². The van der Waals surface area contributed by atoms with Gasteiger partial charge in [0.15, 0.2) is 0 Å². The molecule has 0 amide bonds. The quantitative estimate of drug-likeness (QED) is 0.345. The van der Waals surface area contributed by atoms with Gasteiger partial charge in [0.25, 0.3) is 0 Å². The van der Waals surface area contributed by atoms with Crippen molar-refractivity contribution in [3.05, 3.63) is 53.7 Å². The number of thioether (sulfide) groups is 1. The van der Waals surface area contributed by atoms with Gasteiger partial charge in [-0.1, -0.05) is 55.4 Å². The van der Waals surface area contributed by atoms with Gasteiger partial charge >= 0.3 is 0 Å². The Morgan fingerprint density at radius 1 is 1.28 bits per heavy atom. The highest BCUT2D eigenvalue weighted by Crippen LogP contribution is 2.22. The van der Waals surface area contributed by atoms with Crippen molar-refractivity contribution in [2.75, 3.05) is 5.75 Å². The van der Waals surface area contributed by atoms with Gasteiger partial charge in [0.05, 0.1) is 22.7 Å². The predicted molar refractivity (Wildman–Crippen MR) is 124 cm³/mol. The molecule has 4 nitrogen and oxygen atoms in total. The monoisotopic (exact) mass is 409 g/mol. The molecule has 2 rings (SSSR count). The number of rotatable bonds is 11. The van der Waals surface area contributed by atoms with E-state index in [1.165, 1.54) is 22.9 Å². The summed E-state index contributed by atoms with van der Waals surface area (Å²) in [5, 5.41) is 8.29. The molecule has 1 N–H and O–H groups in total. The molecule has 2 unspecified atom stereocenters. The normalized spacial score (nSPS) is 13.4. The molecule has 0 aliphatic carbocycles. The Morgan fingerprint density at radius 2 is 2.07 bits per heavy atom. The van der Waals surface area contributed by atoms with Crippen LogP contribution < -0.4 is 0 Å². The number of aryl methyl sites for hydroxylation is 1. The molecule has 0 spiro atoms. The second-order valence-electron chi connectivity index (χ2n) is 7.66. The van der Waals surface area contributed by atoms with Crippen LogP contribution in [-0.4, -0.2) is 28.4 Å². The number of pyridine rings is 1. The third-order valence-corrected chi connectivity index (χ3v) is 5.80. The molecule has 29 heavy (non-hydrogen) atoms. The van der Waals surface area contributed by atoms with E-state index in [0.717, 1.165) is 30.0 Å². The zero-order valence-electron chi connectivity index (χ0n) is 17.8. The lowest BCUT2D eigenvalue weighted by molar-refractivity contribution is -0.120. The molecule has 0 aliphatic rings. The fourth-order valence-electron chi connectivity index (χ4n) is 2.89. The number of aliphatic imine (C=N–C) groups is 1. The molecule has 5 heteroatoms. The third-order valence-electron chi connectivity index (χ3n) is 4.84. The number of ketones is 1. The molecule has 1 aromatic heterocycles. The smallest absolute Gasteiger partial charge is 0.145 e. The SMILES string of the molecule is CC(=N)CCCC(C)C(=O)CSc1ccc(N=CC(C)c2cccc(C)c2)cn1. The number of nitrogens with zero attached hydrogens (tertiary/aromatic N) is 2. The first-order valence-electron chi connectivity index (χ1n) is 10.1. The topological polar surface area (TPSA) is 66.2 Å². The van der Waals surface area contributed by atoms with Crippen LogP contribution in [0.15, 0.2) is 52.6 Å². The summed E-state index contributed by atoms with van der Waals surface area (Å²) in [6.07, 6.45) is 6.22. The second kappa shape index (κ2) is 11.7. The summed E-state index contributed by atoms with van der Waals surface area (Å²) in [6.45, 7) is 8.01. The van der Waals surface area contributed by atoms with Gasteiger partial charge in [-0.05, 0) is 50.8 Å². The van der Waals surface area contributed by atoms with Crippen molar-refractivity contribution in [2.24, 2.45) is 10.9 Å². The number of Topliss-reactive ketones (excluding diaryl/α,β-unsaturated/α-hetero) is 1. The Morgan fingerprint density at radius 3 is 2.72 bits per heavy atom. The lowest BCUT2D eigenvalue weighted by Crippen LogP contribution is -2.13. The number of benzene rings is 1. The molecule has 0 aliphatic heterocycles. The highest BCUT2D eigenvalue weighted by molar-refractivity contribution is 7.99. The number of aromatic nitrogens is 1. The van der Waals surface area contributed by atoms with Crippen LogP contribution in [0.3, 0.4) is 0 Å². The summed E-state index contributed by atoms with van der Waals surface area (Å²) in [7, 11) is 0. The minimum absolute atomic E-state index is 0.0360.